The predicted octanol–water partition coefficient (Wildman–Crippen LogP) is 3.54. The van der Waals surface area contributed by atoms with Crippen molar-refractivity contribution in [3.8, 4) is 23.0 Å². The van der Waals surface area contributed by atoms with Crippen LogP contribution in [-0.4, -0.2) is 63.6 Å². The molecule has 0 bridgehead atoms. The van der Waals surface area contributed by atoms with Gasteiger partial charge in [-0.15, -0.1) is 0 Å². The first-order valence-corrected chi connectivity index (χ1v) is 13.4. The molecule has 13 heteroatoms. The van der Waals surface area contributed by atoms with E-state index in [0.29, 0.717) is 57.5 Å². The van der Waals surface area contributed by atoms with Crippen molar-refractivity contribution in [3.63, 3.8) is 0 Å². The Morgan fingerprint density at radius 1 is 1.17 bits per heavy atom. The zero-order valence-electron chi connectivity index (χ0n) is 23.2. The number of halogens is 1. The van der Waals surface area contributed by atoms with Gasteiger partial charge in [-0.2, -0.15) is 5.10 Å². The molecule has 4 N–H and O–H groups in total. The number of amides is 2. The number of carbonyl (C=O) groups excluding carboxylic acids is 2. The third kappa shape index (κ3) is 8.14. The van der Waals surface area contributed by atoms with Crippen LogP contribution >= 0.6 is 15.9 Å². The van der Waals surface area contributed by atoms with Gasteiger partial charge in [-0.1, -0.05) is 18.7 Å². The lowest BCUT2D eigenvalue weighted by molar-refractivity contribution is -0.136. The number of hydrogen-bond donors (Lipinski definition) is 4. The average Bonchev–Trinajstić information content (AvgIpc) is 2.95. The third-order valence-corrected chi connectivity index (χ3v) is 6.43. The minimum atomic E-state index is -1.16. The second-order valence-corrected chi connectivity index (χ2v) is 9.39. The summed E-state index contributed by atoms with van der Waals surface area (Å²) in [5.41, 5.74) is 4.53. The van der Waals surface area contributed by atoms with Crippen LogP contribution in [0, 0.1) is 0 Å². The van der Waals surface area contributed by atoms with Gasteiger partial charge in [-0.3, -0.25) is 5.43 Å². The molecule has 2 amide bonds. The van der Waals surface area contributed by atoms with Crippen molar-refractivity contribution in [3.05, 3.63) is 69.9 Å². The molecule has 0 aromatic heterocycles. The van der Waals surface area contributed by atoms with E-state index in [-0.39, 0.29) is 12.2 Å². The van der Waals surface area contributed by atoms with E-state index < -0.39 is 24.3 Å². The minimum absolute atomic E-state index is 0.161. The standard InChI is InChI=1S/C28H33BrN4O8/c1-6-10-40-23-13-19(29)18(12-21(23)37-4)14-30-33-24(34)15-41-20-9-8-17(11-22(20)39-7-2)26-25(27(35)38-5)16(3)31-28(36)32-26/h6,8-9,11-14,24,26,33-34H,1,7,10,15H2,2-5H3,(H2,31,32,36)/b30-14-/t24-,26+/m0/s1. The average molecular weight is 633 g/mol. The van der Waals surface area contributed by atoms with Gasteiger partial charge < -0.3 is 39.4 Å². The van der Waals surface area contributed by atoms with Gasteiger partial charge in [0.05, 0.1) is 38.7 Å². The third-order valence-electron chi connectivity index (χ3n) is 5.74. The largest absolute Gasteiger partial charge is 0.493 e. The summed E-state index contributed by atoms with van der Waals surface area (Å²) in [6.45, 7) is 7.57. The molecule has 1 heterocycles. The number of hydrogen-bond acceptors (Lipinski definition) is 10. The Morgan fingerprint density at radius 2 is 1.93 bits per heavy atom. The van der Waals surface area contributed by atoms with Gasteiger partial charge in [0.1, 0.15) is 13.2 Å². The van der Waals surface area contributed by atoms with Crippen LogP contribution in [0.5, 0.6) is 23.0 Å². The van der Waals surface area contributed by atoms with E-state index in [1.807, 2.05) is 6.92 Å². The molecule has 0 aliphatic carbocycles. The summed E-state index contributed by atoms with van der Waals surface area (Å²) in [7, 11) is 2.81. The van der Waals surface area contributed by atoms with Crippen LogP contribution in [0.15, 0.2) is 63.8 Å². The maximum atomic E-state index is 12.4. The summed E-state index contributed by atoms with van der Waals surface area (Å²) < 4.78 is 28.1. The van der Waals surface area contributed by atoms with Gasteiger partial charge in [0.2, 0.25) is 0 Å². The molecular formula is C28H33BrN4O8. The van der Waals surface area contributed by atoms with Crippen molar-refractivity contribution < 1.29 is 38.4 Å². The van der Waals surface area contributed by atoms with Crippen molar-refractivity contribution >= 4 is 34.1 Å². The number of aliphatic hydroxyl groups is 1. The molecule has 1 aliphatic rings. The van der Waals surface area contributed by atoms with E-state index in [2.05, 4.69) is 43.7 Å². The van der Waals surface area contributed by atoms with Gasteiger partial charge >= 0.3 is 12.0 Å². The highest BCUT2D eigenvalue weighted by Crippen LogP contribution is 2.35. The first kappa shape index (κ1) is 31.3. The number of nitrogens with zero attached hydrogens (tertiary/aromatic N) is 1. The molecule has 0 radical (unpaired) electrons. The van der Waals surface area contributed by atoms with Crippen LogP contribution in [0.4, 0.5) is 4.79 Å². The summed E-state index contributed by atoms with van der Waals surface area (Å²) >= 11 is 3.47. The number of nitrogens with one attached hydrogen (secondary N) is 3. The molecule has 1 aliphatic heterocycles. The topological polar surface area (TPSA) is 149 Å². The molecule has 41 heavy (non-hydrogen) atoms. The second-order valence-electron chi connectivity index (χ2n) is 8.54. The fraction of sp³-hybridized carbons (Fsp3) is 0.321. The maximum absolute atomic E-state index is 12.4. The Kier molecular flexibility index (Phi) is 11.4. The number of hydrazone groups is 1. The molecule has 2 aromatic rings. The number of carbonyl (C=O) groups is 2. The first-order valence-electron chi connectivity index (χ1n) is 12.6. The number of esters is 1. The number of ether oxygens (including phenoxy) is 5. The molecule has 0 fully saturated rings. The molecule has 0 unspecified atom stereocenters. The van der Waals surface area contributed by atoms with E-state index in [0.717, 1.165) is 0 Å². The van der Waals surface area contributed by atoms with Crippen LogP contribution in [-0.2, 0) is 9.53 Å². The number of rotatable bonds is 14. The number of aliphatic hydroxyl groups excluding tert-OH is 1. The number of allylic oxidation sites excluding steroid dienone is 1. The first-order chi connectivity index (χ1) is 19.7. The zero-order chi connectivity index (χ0) is 29.9. The lowest BCUT2D eigenvalue weighted by Crippen LogP contribution is -2.45. The number of methoxy groups -OCH3 is 2. The number of urea groups is 1. The maximum Gasteiger partial charge on any atom is 0.337 e. The highest BCUT2D eigenvalue weighted by molar-refractivity contribution is 9.10. The smallest absolute Gasteiger partial charge is 0.337 e. The van der Waals surface area contributed by atoms with Crippen LogP contribution in [0.2, 0.25) is 0 Å². The lowest BCUT2D eigenvalue weighted by Gasteiger charge is -2.28. The van der Waals surface area contributed by atoms with E-state index >= 15 is 0 Å². The SMILES string of the molecule is C=CCOc1cc(Br)c(/C=N\N[C@@H](O)COc2ccc([C@H]3NC(=O)NC(C)=C3C(=O)OC)cc2OCC)cc1OC. The highest BCUT2D eigenvalue weighted by atomic mass is 79.9. The van der Waals surface area contributed by atoms with Gasteiger partial charge in [0.15, 0.2) is 29.2 Å². The Hall–Kier alpha value is -4.23. The van der Waals surface area contributed by atoms with Crippen LogP contribution in [0.1, 0.15) is 31.0 Å². The Balaban J connectivity index is 1.69. The van der Waals surface area contributed by atoms with E-state index in [1.54, 1.807) is 43.3 Å². The van der Waals surface area contributed by atoms with Crippen LogP contribution < -0.4 is 35.0 Å². The molecule has 0 spiro atoms. The molecule has 2 aromatic carbocycles. The van der Waals surface area contributed by atoms with Gasteiger partial charge in [0, 0.05) is 15.7 Å². The highest BCUT2D eigenvalue weighted by Gasteiger charge is 2.32. The fourth-order valence-corrected chi connectivity index (χ4v) is 4.31. The van der Waals surface area contributed by atoms with Crippen molar-refractivity contribution in [1.29, 1.82) is 0 Å². The van der Waals surface area contributed by atoms with Crippen molar-refractivity contribution in [2.75, 3.05) is 34.0 Å². The van der Waals surface area contributed by atoms with Crippen molar-refractivity contribution in [2.45, 2.75) is 26.1 Å². The van der Waals surface area contributed by atoms with E-state index in [9.17, 15) is 14.7 Å². The molecule has 2 atom stereocenters. The second kappa shape index (κ2) is 15.0. The van der Waals surface area contributed by atoms with Gasteiger partial charge in [0.25, 0.3) is 0 Å². The molecule has 0 saturated carbocycles. The Bertz CT molecular complexity index is 1330. The molecule has 220 valence electrons. The Labute approximate surface area is 246 Å². The lowest BCUT2D eigenvalue weighted by atomic mass is 9.95. The van der Waals surface area contributed by atoms with E-state index in [1.165, 1.54) is 20.4 Å². The zero-order valence-corrected chi connectivity index (χ0v) is 24.7. The summed E-state index contributed by atoms with van der Waals surface area (Å²) in [4.78, 5) is 24.5. The minimum Gasteiger partial charge on any atom is -0.493 e. The van der Waals surface area contributed by atoms with Crippen LogP contribution in [0.25, 0.3) is 0 Å². The summed E-state index contributed by atoms with van der Waals surface area (Å²) in [6, 6.07) is 7.27. The summed E-state index contributed by atoms with van der Waals surface area (Å²) in [5.74, 6) is 1.20. The molecule has 3 rings (SSSR count). The number of benzene rings is 2. The van der Waals surface area contributed by atoms with Crippen LogP contribution in [0.3, 0.4) is 0 Å². The fourth-order valence-electron chi connectivity index (χ4n) is 3.89. The van der Waals surface area contributed by atoms with Crippen molar-refractivity contribution in [1.82, 2.24) is 16.1 Å². The predicted molar refractivity (Wildman–Crippen MR) is 155 cm³/mol. The van der Waals surface area contributed by atoms with Gasteiger partial charge in [-0.05, 0) is 59.6 Å². The van der Waals surface area contributed by atoms with E-state index in [4.69, 9.17) is 23.7 Å². The molecular weight excluding hydrogens is 600 g/mol. The monoisotopic (exact) mass is 632 g/mol. The molecule has 12 nitrogen and oxygen atoms in total. The normalized spacial score (nSPS) is 15.5. The van der Waals surface area contributed by atoms with Gasteiger partial charge in [-0.25, -0.2) is 9.59 Å². The Morgan fingerprint density at radius 3 is 2.61 bits per heavy atom. The summed E-state index contributed by atoms with van der Waals surface area (Å²) in [6.07, 6.45) is 1.99. The molecule has 0 saturated heterocycles. The van der Waals surface area contributed by atoms with Crippen molar-refractivity contribution in [2.24, 2.45) is 5.10 Å². The quantitative estimate of drug-likeness (QED) is 0.0806. The summed E-state index contributed by atoms with van der Waals surface area (Å²) in [5, 5.41) is 19.8.